The number of nitrogens with one attached hydrogen (secondary N) is 1. The summed E-state index contributed by atoms with van der Waals surface area (Å²) < 4.78 is 28.8. The average molecular weight is 425 g/mol. The molecule has 1 aliphatic rings. The van der Waals surface area contributed by atoms with Gasteiger partial charge in [-0.2, -0.15) is 9.40 Å². The van der Waals surface area contributed by atoms with Crippen molar-refractivity contribution in [1.82, 2.24) is 14.1 Å². The minimum atomic E-state index is -3.57. The van der Waals surface area contributed by atoms with Crippen molar-refractivity contribution >= 4 is 21.7 Å². The van der Waals surface area contributed by atoms with E-state index in [1.54, 1.807) is 29.1 Å². The summed E-state index contributed by atoms with van der Waals surface area (Å²) in [4.78, 5) is 13.0. The first kappa shape index (κ1) is 20.3. The highest BCUT2D eigenvalue weighted by atomic mass is 32.2. The molecule has 0 spiro atoms. The number of hydrogen-bond donors (Lipinski definition) is 1. The second-order valence-electron chi connectivity index (χ2n) is 7.46. The van der Waals surface area contributed by atoms with E-state index in [9.17, 15) is 13.2 Å². The Bertz CT molecular complexity index is 1160. The summed E-state index contributed by atoms with van der Waals surface area (Å²) >= 11 is 0. The fourth-order valence-electron chi connectivity index (χ4n) is 3.61. The smallest absolute Gasteiger partial charge is 0.256 e. The molecule has 1 saturated heterocycles. The molecule has 2 aromatic carbocycles. The van der Waals surface area contributed by atoms with Crippen LogP contribution in [0.15, 0.2) is 65.7 Å². The molecule has 1 aromatic heterocycles. The number of aromatic nitrogens is 2. The molecule has 1 fully saturated rings. The molecule has 3 aromatic rings. The summed E-state index contributed by atoms with van der Waals surface area (Å²) in [5.74, 6) is 0.175. The first-order valence-corrected chi connectivity index (χ1v) is 11.4. The van der Waals surface area contributed by atoms with Crippen molar-refractivity contribution in [3.8, 4) is 0 Å². The molecule has 30 heavy (non-hydrogen) atoms. The van der Waals surface area contributed by atoms with Crippen LogP contribution >= 0.6 is 0 Å². The van der Waals surface area contributed by atoms with E-state index in [-0.39, 0.29) is 10.8 Å². The normalized spacial score (nSPS) is 14.7. The molecule has 0 aliphatic carbocycles. The van der Waals surface area contributed by atoms with E-state index in [0.29, 0.717) is 31.0 Å². The topological polar surface area (TPSA) is 84.3 Å². The highest BCUT2D eigenvalue weighted by Crippen LogP contribution is 2.22. The maximum Gasteiger partial charge on any atom is 0.256 e. The predicted molar refractivity (Wildman–Crippen MR) is 115 cm³/mol. The van der Waals surface area contributed by atoms with Crippen LogP contribution in [0.25, 0.3) is 0 Å². The molecule has 0 saturated carbocycles. The van der Waals surface area contributed by atoms with E-state index in [1.165, 1.54) is 16.4 Å². The molecular formula is C22H24N4O3S. The molecule has 1 amide bonds. The molecule has 156 valence electrons. The number of anilines is 1. The van der Waals surface area contributed by atoms with E-state index < -0.39 is 10.0 Å². The van der Waals surface area contributed by atoms with Crippen LogP contribution in [0.1, 0.15) is 34.3 Å². The van der Waals surface area contributed by atoms with Gasteiger partial charge in [0.25, 0.3) is 5.91 Å². The SMILES string of the molecule is Cc1cccc(Cn2nccc2NC(=O)c2cccc(S(=O)(=O)N3CCCC3)c2)c1. The second kappa shape index (κ2) is 8.41. The number of carbonyl (C=O) groups excluding carboxylic acids is 1. The predicted octanol–water partition coefficient (Wildman–Crippen LogP) is 3.28. The molecule has 8 heteroatoms. The first-order valence-electron chi connectivity index (χ1n) is 9.92. The molecule has 0 unspecified atom stereocenters. The van der Waals surface area contributed by atoms with Crippen molar-refractivity contribution in [2.75, 3.05) is 18.4 Å². The highest BCUT2D eigenvalue weighted by molar-refractivity contribution is 7.89. The van der Waals surface area contributed by atoms with Crippen LogP contribution in [-0.4, -0.2) is 41.5 Å². The Labute approximate surface area is 176 Å². The van der Waals surface area contributed by atoms with Crippen molar-refractivity contribution in [3.05, 3.63) is 77.5 Å². The number of nitrogens with zero attached hydrogens (tertiary/aromatic N) is 3. The largest absolute Gasteiger partial charge is 0.307 e. The summed E-state index contributed by atoms with van der Waals surface area (Å²) in [5, 5.41) is 7.14. The van der Waals surface area contributed by atoms with Crippen molar-refractivity contribution < 1.29 is 13.2 Å². The van der Waals surface area contributed by atoms with Crippen LogP contribution in [0, 0.1) is 6.92 Å². The summed E-state index contributed by atoms with van der Waals surface area (Å²) in [6.45, 7) is 3.60. The van der Waals surface area contributed by atoms with Crippen molar-refractivity contribution in [1.29, 1.82) is 0 Å². The number of rotatable bonds is 6. The number of aryl methyl sites for hydroxylation is 1. The third-order valence-electron chi connectivity index (χ3n) is 5.17. The highest BCUT2D eigenvalue weighted by Gasteiger charge is 2.27. The molecule has 1 N–H and O–H groups in total. The standard InChI is InChI=1S/C22H24N4O3S/c1-17-6-4-7-18(14-17)16-26-21(10-11-23-26)24-22(27)19-8-5-9-20(15-19)30(28,29)25-12-2-3-13-25/h4-11,14-15H,2-3,12-13,16H2,1H3,(H,24,27). The Morgan fingerprint density at radius 1 is 1.07 bits per heavy atom. The maximum absolute atomic E-state index is 12.8. The monoisotopic (exact) mass is 424 g/mol. The summed E-state index contributed by atoms with van der Waals surface area (Å²) in [6.07, 6.45) is 3.36. The lowest BCUT2D eigenvalue weighted by Gasteiger charge is -2.16. The van der Waals surface area contributed by atoms with Crippen LogP contribution in [0.2, 0.25) is 0 Å². The number of amides is 1. The van der Waals surface area contributed by atoms with E-state index in [2.05, 4.69) is 16.5 Å². The van der Waals surface area contributed by atoms with Gasteiger partial charge in [-0.25, -0.2) is 13.1 Å². The van der Waals surface area contributed by atoms with Gasteiger partial charge in [0.05, 0.1) is 17.6 Å². The van der Waals surface area contributed by atoms with Gasteiger partial charge in [-0.15, -0.1) is 0 Å². The molecule has 2 heterocycles. The van der Waals surface area contributed by atoms with Crippen molar-refractivity contribution in [2.45, 2.75) is 31.2 Å². The molecule has 0 radical (unpaired) electrons. The summed E-state index contributed by atoms with van der Waals surface area (Å²) in [5.41, 5.74) is 2.52. The first-order chi connectivity index (χ1) is 14.4. The van der Waals surface area contributed by atoms with Crippen LogP contribution in [0.4, 0.5) is 5.82 Å². The number of carbonyl (C=O) groups is 1. The Morgan fingerprint density at radius 3 is 2.60 bits per heavy atom. The Hall–Kier alpha value is -2.97. The van der Waals surface area contributed by atoms with Gasteiger partial charge < -0.3 is 5.32 Å². The third kappa shape index (κ3) is 4.29. The van der Waals surface area contributed by atoms with Gasteiger partial charge in [0.2, 0.25) is 10.0 Å². The van der Waals surface area contributed by atoms with E-state index in [0.717, 1.165) is 24.0 Å². The quantitative estimate of drug-likeness (QED) is 0.658. The summed E-state index contributed by atoms with van der Waals surface area (Å²) in [6, 6.07) is 16.0. The van der Waals surface area contributed by atoms with Gasteiger partial charge in [0.1, 0.15) is 5.82 Å². The van der Waals surface area contributed by atoms with Crippen LogP contribution in [0.5, 0.6) is 0 Å². The minimum absolute atomic E-state index is 0.144. The number of sulfonamides is 1. The molecule has 0 atom stereocenters. The molecule has 4 rings (SSSR count). The van der Waals surface area contributed by atoms with Gasteiger partial charge in [-0.3, -0.25) is 4.79 Å². The number of hydrogen-bond acceptors (Lipinski definition) is 4. The zero-order valence-electron chi connectivity index (χ0n) is 16.8. The van der Waals surface area contributed by atoms with Crippen LogP contribution in [-0.2, 0) is 16.6 Å². The lowest BCUT2D eigenvalue weighted by Crippen LogP contribution is -2.28. The Morgan fingerprint density at radius 2 is 1.83 bits per heavy atom. The van der Waals surface area contributed by atoms with Crippen LogP contribution in [0.3, 0.4) is 0 Å². The van der Waals surface area contributed by atoms with Gasteiger partial charge in [-0.05, 0) is 43.5 Å². The van der Waals surface area contributed by atoms with Gasteiger partial charge in [0.15, 0.2) is 0 Å². The van der Waals surface area contributed by atoms with Gasteiger partial charge >= 0.3 is 0 Å². The zero-order valence-corrected chi connectivity index (χ0v) is 17.6. The lowest BCUT2D eigenvalue weighted by atomic mass is 10.1. The summed E-state index contributed by atoms with van der Waals surface area (Å²) in [7, 11) is -3.57. The lowest BCUT2D eigenvalue weighted by molar-refractivity contribution is 0.102. The molecular weight excluding hydrogens is 400 g/mol. The number of benzene rings is 2. The van der Waals surface area contributed by atoms with Gasteiger partial charge in [-0.1, -0.05) is 35.9 Å². The fourth-order valence-corrected chi connectivity index (χ4v) is 5.18. The van der Waals surface area contributed by atoms with E-state index in [1.807, 2.05) is 25.1 Å². The fraction of sp³-hybridized carbons (Fsp3) is 0.273. The minimum Gasteiger partial charge on any atom is -0.307 e. The van der Waals surface area contributed by atoms with E-state index in [4.69, 9.17) is 0 Å². The van der Waals surface area contributed by atoms with Crippen LogP contribution < -0.4 is 5.32 Å². The van der Waals surface area contributed by atoms with Crippen molar-refractivity contribution in [3.63, 3.8) is 0 Å². The average Bonchev–Trinajstić information content (AvgIpc) is 3.41. The van der Waals surface area contributed by atoms with Gasteiger partial charge in [0, 0.05) is 24.7 Å². The third-order valence-corrected chi connectivity index (χ3v) is 7.07. The zero-order chi connectivity index (χ0) is 21.1. The maximum atomic E-state index is 12.8. The molecule has 1 aliphatic heterocycles. The van der Waals surface area contributed by atoms with E-state index >= 15 is 0 Å². The Kier molecular flexibility index (Phi) is 5.69. The molecule has 7 nitrogen and oxygen atoms in total. The Balaban J connectivity index is 1.52. The van der Waals surface area contributed by atoms with Crippen molar-refractivity contribution in [2.24, 2.45) is 0 Å². The molecule has 0 bridgehead atoms. The second-order valence-corrected chi connectivity index (χ2v) is 9.39.